The second kappa shape index (κ2) is 1.95. The first-order valence-corrected chi connectivity index (χ1v) is 3.22. The van der Waals surface area contributed by atoms with Gasteiger partial charge in [0.05, 0.1) is 0 Å². The summed E-state index contributed by atoms with van der Waals surface area (Å²) in [6.07, 6.45) is 0. The van der Waals surface area contributed by atoms with Crippen molar-refractivity contribution < 1.29 is 4.42 Å². The lowest BCUT2D eigenvalue weighted by Gasteiger charge is -1.81. The van der Waals surface area contributed by atoms with Crippen molar-refractivity contribution in [3.8, 4) is 0 Å². The van der Waals surface area contributed by atoms with Gasteiger partial charge in [0.1, 0.15) is 5.52 Å². The number of aryl methyl sites for hydroxylation is 1. The quantitative estimate of drug-likeness (QED) is 0.604. The minimum Gasteiger partial charge on any atom is -0.425 e. The van der Waals surface area contributed by atoms with E-state index in [1.54, 1.807) is 13.0 Å². The van der Waals surface area contributed by atoms with Crippen LogP contribution < -0.4 is 5.56 Å². The van der Waals surface area contributed by atoms with Crippen LogP contribution in [0.3, 0.4) is 0 Å². The number of pyridine rings is 1. The number of oxazole rings is 1. The zero-order valence-corrected chi connectivity index (χ0v) is 5.92. The topological polar surface area (TPSA) is 58.9 Å². The summed E-state index contributed by atoms with van der Waals surface area (Å²) in [5, 5.41) is 0. The fourth-order valence-corrected chi connectivity index (χ4v) is 0.954. The van der Waals surface area contributed by atoms with E-state index in [0.29, 0.717) is 17.1 Å². The molecule has 0 atom stereocenters. The predicted octanol–water partition coefficient (Wildman–Crippen LogP) is 0.825. The molecule has 0 amide bonds. The second-order valence-corrected chi connectivity index (χ2v) is 2.27. The Morgan fingerprint density at radius 1 is 1.55 bits per heavy atom. The van der Waals surface area contributed by atoms with Crippen LogP contribution in [0.5, 0.6) is 0 Å². The van der Waals surface area contributed by atoms with Gasteiger partial charge in [-0.05, 0) is 6.07 Å². The van der Waals surface area contributed by atoms with E-state index in [-0.39, 0.29) is 5.56 Å². The molecule has 2 aromatic rings. The van der Waals surface area contributed by atoms with Crippen molar-refractivity contribution >= 4 is 11.2 Å². The van der Waals surface area contributed by atoms with Gasteiger partial charge in [-0.15, -0.1) is 0 Å². The molecule has 1 N–H and O–H groups in total. The molecule has 11 heavy (non-hydrogen) atoms. The maximum absolute atomic E-state index is 10.7. The third-order valence-electron chi connectivity index (χ3n) is 1.39. The summed E-state index contributed by atoms with van der Waals surface area (Å²) >= 11 is 0. The zero-order chi connectivity index (χ0) is 7.84. The first-order valence-electron chi connectivity index (χ1n) is 3.22. The number of aromatic amines is 1. The lowest BCUT2D eigenvalue weighted by Crippen LogP contribution is -2.00. The van der Waals surface area contributed by atoms with Crippen LogP contribution in [-0.4, -0.2) is 9.97 Å². The number of rotatable bonds is 0. The third-order valence-corrected chi connectivity index (χ3v) is 1.39. The maximum Gasteiger partial charge on any atom is 0.250 e. The van der Waals surface area contributed by atoms with Crippen molar-refractivity contribution in [2.45, 2.75) is 6.92 Å². The number of hydrogen-bond acceptors (Lipinski definition) is 3. The molecular weight excluding hydrogens is 144 g/mol. The Labute approximate surface area is 61.9 Å². The largest absolute Gasteiger partial charge is 0.425 e. The van der Waals surface area contributed by atoms with Gasteiger partial charge in [-0.3, -0.25) is 9.78 Å². The molecule has 0 saturated heterocycles. The Kier molecular flexibility index (Phi) is 1.09. The fraction of sp³-hybridized carbons (Fsp3) is 0.143. The Morgan fingerprint density at radius 3 is 3.18 bits per heavy atom. The number of H-pyrrole nitrogens is 1. The highest BCUT2D eigenvalue weighted by Gasteiger charge is 2.00. The van der Waals surface area contributed by atoms with Crippen LogP contribution >= 0.6 is 0 Å². The maximum atomic E-state index is 10.7. The van der Waals surface area contributed by atoms with Crippen molar-refractivity contribution in [2.75, 3.05) is 0 Å². The molecule has 4 heteroatoms. The van der Waals surface area contributed by atoms with E-state index in [1.165, 1.54) is 6.07 Å². The van der Waals surface area contributed by atoms with Gasteiger partial charge in [-0.2, -0.15) is 0 Å². The van der Waals surface area contributed by atoms with Crippen LogP contribution in [0.4, 0.5) is 0 Å². The summed E-state index contributed by atoms with van der Waals surface area (Å²) in [5.41, 5.74) is 0.950. The molecule has 4 nitrogen and oxygen atoms in total. The summed E-state index contributed by atoms with van der Waals surface area (Å²) in [4.78, 5) is 17.3. The second-order valence-electron chi connectivity index (χ2n) is 2.27. The molecule has 0 radical (unpaired) electrons. The summed E-state index contributed by atoms with van der Waals surface area (Å²) < 4.78 is 5.08. The van der Waals surface area contributed by atoms with Crippen molar-refractivity contribution in [1.29, 1.82) is 0 Å². The molecule has 0 bridgehead atoms. The minimum atomic E-state index is -0.173. The SMILES string of the molecule is Cc1nc2ccc(=O)[nH]c2o1. The monoisotopic (exact) mass is 150 g/mol. The Morgan fingerprint density at radius 2 is 2.36 bits per heavy atom. The predicted molar refractivity (Wildman–Crippen MR) is 39.4 cm³/mol. The van der Waals surface area contributed by atoms with E-state index in [4.69, 9.17) is 4.42 Å². The number of nitrogens with zero attached hydrogens (tertiary/aromatic N) is 1. The van der Waals surface area contributed by atoms with Gasteiger partial charge < -0.3 is 4.42 Å². The molecule has 0 aromatic carbocycles. The average Bonchev–Trinajstić information content (AvgIpc) is 2.27. The van der Waals surface area contributed by atoms with Gasteiger partial charge in [-0.25, -0.2) is 4.98 Å². The van der Waals surface area contributed by atoms with Crippen molar-refractivity contribution in [3.63, 3.8) is 0 Å². The lowest BCUT2D eigenvalue weighted by molar-refractivity contribution is 0.550. The molecule has 0 unspecified atom stereocenters. The summed E-state index contributed by atoms with van der Waals surface area (Å²) in [6, 6.07) is 3.05. The molecule has 2 heterocycles. The fourth-order valence-electron chi connectivity index (χ4n) is 0.954. The number of hydrogen-bond donors (Lipinski definition) is 1. The molecule has 2 aromatic heterocycles. The zero-order valence-electron chi connectivity index (χ0n) is 5.92. The first-order chi connectivity index (χ1) is 5.25. The summed E-state index contributed by atoms with van der Waals surface area (Å²) in [5.74, 6) is 0.557. The molecule has 0 fully saturated rings. The number of fused-ring (bicyclic) bond motifs is 1. The van der Waals surface area contributed by atoms with Gasteiger partial charge in [-0.1, -0.05) is 0 Å². The van der Waals surface area contributed by atoms with E-state index >= 15 is 0 Å². The normalized spacial score (nSPS) is 10.6. The number of nitrogens with one attached hydrogen (secondary N) is 1. The smallest absolute Gasteiger partial charge is 0.250 e. The van der Waals surface area contributed by atoms with E-state index in [2.05, 4.69) is 9.97 Å². The standard InChI is InChI=1S/C7H6N2O2/c1-4-8-5-2-3-6(10)9-7(5)11-4/h2-3H,1H3,(H,9,10). The van der Waals surface area contributed by atoms with E-state index < -0.39 is 0 Å². The highest BCUT2D eigenvalue weighted by Crippen LogP contribution is 2.08. The van der Waals surface area contributed by atoms with Gasteiger partial charge in [0.25, 0.3) is 5.56 Å². The highest BCUT2D eigenvalue weighted by atomic mass is 16.4. The Hall–Kier alpha value is -1.58. The van der Waals surface area contributed by atoms with E-state index in [9.17, 15) is 4.79 Å². The van der Waals surface area contributed by atoms with Crippen LogP contribution in [0, 0.1) is 6.92 Å². The van der Waals surface area contributed by atoms with Crippen LogP contribution in [0.1, 0.15) is 5.89 Å². The highest BCUT2D eigenvalue weighted by molar-refractivity contribution is 5.67. The molecule has 0 saturated carbocycles. The lowest BCUT2D eigenvalue weighted by atomic mass is 10.4. The van der Waals surface area contributed by atoms with Crippen LogP contribution in [0.15, 0.2) is 21.3 Å². The molecule has 2 rings (SSSR count). The van der Waals surface area contributed by atoms with Crippen LogP contribution in [0.2, 0.25) is 0 Å². The summed E-state index contributed by atoms with van der Waals surface area (Å²) in [6.45, 7) is 1.73. The number of aromatic nitrogens is 2. The molecule has 0 aliphatic carbocycles. The van der Waals surface area contributed by atoms with Crippen molar-refractivity contribution in [3.05, 3.63) is 28.4 Å². The minimum absolute atomic E-state index is 0.173. The van der Waals surface area contributed by atoms with Crippen LogP contribution in [-0.2, 0) is 0 Å². The van der Waals surface area contributed by atoms with E-state index in [1.807, 2.05) is 0 Å². The Balaban J connectivity index is 2.92. The molecule has 0 aliphatic heterocycles. The molecule has 0 aliphatic rings. The van der Waals surface area contributed by atoms with Crippen molar-refractivity contribution in [1.82, 2.24) is 9.97 Å². The summed E-state index contributed by atoms with van der Waals surface area (Å²) in [7, 11) is 0. The molecule has 56 valence electrons. The Bertz CT molecular complexity index is 441. The van der Waals surface area contributed by atoms with Gasteiger partial charge in [0.15, 0.2) is 5.89 Å². The van der Waals surface area contributed by atoms with Gasteiger partial charge >= 0.3 is 0 Å². The van der Waals surface area contributed by atoms with Crippen LogP contribution in [0.25, 0.3) is 11.2 Å². The molecule has 0 spiro atoms. The van der Waals surface area contributed by atoms with E-state index in [0.717, 1.165) is 0 Å². The van der Waals surface area contributed by atoms with Crippen molar-refractivity contribution in [2.24, 2.45) is 0 Å². The third kappa shape index (κ3) is 0.920. The van der Waals surface area contributed by atoms with Gasteiger partial charge in [0.2, 0.25) is 5.71 Å². The average molecular weight is 150 g/mol. The molecular formula is C7H6N2O2. The first kappa shape index (κ1) is 6.15. The van der Waals surface area contributed by atoms with Gasteiger partial charge in [0, 0.05) is 13.0 Å².